The molecule has 0 bridgehead atoms. The van der Waals surface area contributed by atoms with Crippen molar-refractivity contribution in [3.05, 3.63) is 64.8 Å². The molecule has 94 valence electrons. The molecule has 1 aromatic carbocycles. The van der Waals surface area contributed by atoms with Gasteiger partial charge in [0.25, 0.3) is 0 Å². The fraction of sp³-hybridized carbons (Fsp3) is 0.143. The van der Waals surface area contributed by atoms with Gasteiger partial charge in [-0.2, -0.15) is 0 Å². The van der Waals surface area contributed by atoms with Crippen molar-refractivity contribution < 1.29 is 9.13 Å². The van der Waals surface area contributed by atoms with Crippen LogP contribution in [0.25, 0.3) is 5.57 Å². The maximum Gasteiger partial charge on any atom is 0.123 e. The molecule has 2 rings (SSSR count). The van der Waals surface area contributed by atoms with Crippen LogP contribution in [0.3, 0.4) is 0 Å². The molecule has 0 atom stereocenters. The highest BCUT2D eigenvalue weighted by Crippen LogP contribution is 2.30. The van der Waals surface area contributed by atoms with Gasteiger partial charge in [-0.05, 0) is 29.3 Å². The Balaban J connectivity index is 2.42. The van der Waals surface area contributed by atoms with Crippen LogP contribution in [0.4, 0.5) is 4.39 Å². The Morgan fingerprint density at radius 3 is 3.00 bits per heavy atom. The smallest absolute Gasteiger partial charge is 0.123 e. The lowest BCUT2D eigenvalue weighted by Crippen LogP contribution is -2.16. The number of benzene rings is 1. The number of rotatable bonds is 3. The Kier molecular flexibility index (Phi) is 4.05. The quantitative estimate of drug-likeness (QED) is 0.668. The molecule has 0 spiro atoms. The van der Waals surface area contributed by atoms with E-state index in [9.17, 15) is 4.39 Å². The fourth-order valence-electron chi connectivity index (χ4n) is 1.79. The summed E-state index contributed by atoms with van der Waals surface area (Å²) < 4.78 is 18.2. The summed E-state index contributed by atoms with van der Waals surface area (Å²) in [7, 11) is 1.56. The molecule has 1 aliphatic rings. The van der Waals surface area contributed by atoms with Crippen molar-refractivity contribution in [3.63, 3.8) is 0 Å². The molecule has 1 aromatic rings. The molecule has 0 saturated carbocycles. The largest absolute Gasteiger partial charge is 0.504 e. The van der Waals surface area contributed by atoms with E-state index in [4.69, 9.17) is 16.3 Å². The molecular formula is C14H13ClFNO. The summed E-state index contributed by atoms with van der Waals surface area (Å²) in [5.41, 5.74) is 2.48. The summed E-state index contributed by atoms with van der Waals surface area (Å²) in [6, 6.07) is 6.44. The average Bonchev–Trinajstić information content (AvgIpc) is 2.37. The number of ether oxygens (including phenoxy) is 1. The first-order valence-electron chi connectivity index (χ1n) is 5.52. The molecule has 0 fully saturated rings. The minimum Gasteiger partial charge on any atom is -0.504 e. The van der Waals surface area contributed by atoms with E-state index in [0.29, 0.717) is 11.7 Å². The van der Waals surface area contributed by atoms with Crippen molar-refractivity contribution in [1.82, 2.24) is 5.32 Å². The van der Waals surface area contributed by atoms with Crippen LogP contribution in [-0.4, -0.2) is 13.7 Å². The second kappa shape index (κ2) is 5.74. The van der Waals surface area contributed by atoms with Gasteiger partial charge >= 0.3 is 0 Å². The standard InChI is InChI=1S/C14H13ClFNO/c1-18-8-6-13-12(5-7-17-14(13)15)10-3-2-4-11(16)9-10/h2-6,8-9,17H,7H2,1H3/b8-6+. The maximum absolute atomic E-state index is 13.3. The highest BCUT2D eigenvalue weighted by molar-refractivity contribution is 6.31. The number of dihydropyridines is 1. The van der Waals surface area contributed by atoms with Crippen LogP contribution in [0.5, 0.6) is 0 Å². The van der Waals surface area contributed by atoms with Gasteiger partial charge in [-0.3, -0.25) is 0 Å². The Morgan fingerprint density at radius 2 is 2.28 bits per heavy atom. The summed E-state index contributed by atoms with van der Waals surface area (Å²) in [6.07, 6.45) is 5.26. The predicted molar refractivity (Wildman–Crippen MR) is 71.4 cm³/mol. The molecule has 0 amide bonds. The highest BCUT2D eigenvalue weighted by Gasteiger charge is 2.14. The molecule has 1 N–H and O–H groups in total. The van der Waals surface area contributed by atoms with Gasteiger partial charge in [-0.25, -0.2) is 4.39 Å². The summed E-state index contributed by atoms with van der Waals surface area (Å²) in [5.74, 6) is -0.266. The first-order chi connectivity index (χ1) is 8.72. The van der Waals surface area contributed by atoms with E-state index in [1.54, 1.807) is 19.3 Å². The third-order valence-corrected chi connectivity index (χ3v) is 2.93. The number of halogens is 2. The molecule has 0 aromatic heterocycles. The van der Waals surface area contributed by atoms with Crippen LogP contribution < -0.4 is 5.32 Å². The van der Waals surface area contributed by atoms with Crippen LogP contribution in [0.2, 0.25) is 0 Å². The van der Waals surface area contributed by atoms with Crippen LogP contribution in [0.1, 0.15) is 5.56 Å². The molecule has 1 aliphatic heterocycles. The Hall–Kier alpha value is -1.74. The lowest BCUT2D eigenvalue weighted by atomic mass is 9.96. The SMILES string of the molecule is CO/C=C/C1=C(Cl)NCC=C1c1cccc(F)c1. The number of hydrogen-bond donors (Lipinski definition) is 1. The number of nitrogens with one attached hydrogen (secondary N) is 1. The monoisotopic (exact) mass is 265 g/mol. The molecule has 4 heteroatoms. The van der Waals surface area contributed by atoms with Crippen molar-refractivity contribution in [2.75, 3.05) is 13.7 Å². The average molecular weight is 266 g/mol. The topological polar surface area (TPSA) is 21.3 Å². The van der Waals surface area contributed by atoms with Crippen LogP contribution in [-0.2, 0) is 4.74 Å². The van der Waals surface area contributed by atoms with E-state index in [1.165, 1.54) is 18.4 Å². The summed E-state index contributed by atoms with van der Waals surface area (Å²) in [6.45, 7) is 0.620. The van der Waals surface area contributed by atoms with E-state index in [-0.39, 0.29) is 5.82 Å². The normalized spacial score (nSPS) is 15.6. The van der Waals surface area contributed by atoms with E-state index in [0.717, 1.165) is 16.7 Å². The molecular weight excluding hydrogens is 253 g/mol. The Labute approximate surface area is 110 Å². The Morgan fingerprint density at radius 1 is 1.44 bits per heavy atom. The van der Waals surface area contributed by atoms with Gasteiger partial charge in [-0.1, -0.05) is 29.8 Å². The van der Waals surface area contributed by atoms with E-state index in [1.807, 2.05) is 12.1 Å². The zero-order chi connectivity index (χ0) is 13.0. The zero-order valence-electron chi connectivity index (χ0n) is 9.91. The lowest BCUT2D eigenvalue weighted by molar-refractivity contribution is 0.338. The van der Waals surface area contributed by atoms with Crippen molar-refractivity contribution in [2.24, 2.45) is 0 Å². The molecule has 1 heterocycles. The summed E-state index contributed by atoms with van der Waals surface area (Å²) >= 11 is 6.13. The third-order valence-electron chi connectivity index (χ3n) is 2.60. The van der Waals surface area contributed by atoms with Crippen LogP contribution in [0, 0.1) is 5.82 Å². The van der Waals surface area contributed by atoms with Crippen LogP contribution >= 0.6 is 11.6 Å². The third kappa shape index (κ3) is 2.74. The summed E-state index contributed by atoms with van der Waals surface area (Å²) in [4.78, 5) is 0. The van der Waals surface area contributed by atoms with Gasteiger partial charge in [0, 0.05) is 12.1 Å². The minimum atomic E-state index is -0.266. The van der Waals surface area contributed by atoms with Crippen molar-refractivity contribution in [2.45, 2.75) is 0 Å². The van der Waals surface area contributed by atoms with E-state index in [2.05, 4.69) is 5.32 Å². The van der Waals surface area contributed by atoms with Gasteiger partial charge in [0.15, 0.2) is 0 Å². The van der Waals surface area contributed by atoms with Gasteiger partial charge < -0.3 is 10.1 Å². The molecule has 18 heavy (non-hydrogen) atoms. The lowest BCUT2D eigenvalue weighted by Gasteiger charge is -2.18. The molecule has 0 saturated heterocycles. The molecule has 0 unspecified atom stereocenters. The van der Waals surface area contributed by atoms with E-state index >= 15 is 0 Å². The first-order valence-corrected chi connectivity index (χ1v) is 5.89. The number of hydrogen-bond acceptors (Lipinski definition) is 2. The number of allylic oxidation sites excluding steroid dienone is 3. The molecule has 0 aliphatic carbocycles. The second-order valence-corrected chi connectivity index (χ2v) is 4.15. The van der Waals surface area contributed by atoms with E-state index < -0.39 is 0 Å². The zero-order valence-corrected chi connectivity index (χ0v) is 10.7. The van der Waals surface area contributed by atoms with Gasteiger partial charge in [-0.15, -0.1) is 0 Å². The second-order valence-electron chi connectivity index (χ2n) is 3.78. The van der Waals surface area contributed by atoms with Gasteiger partial charge in [0.05, 0.1) is 13.4 Å². The maximum atomic E-state index is 13.3. The minimum absolute atomic E-state index is 0.266. The number of methoxy groups -OCH3 is 1. The van der Waals surface area contributed by atoms with Crippen molar-refractivity contribution in [3.8, 4) is 0 Å². The van der Waals surface area contributed by atoms with Crippen molar-refractivity contribution in [1.29, 1.82) is 0 Å². The Bertz CT molecular complexity index is 534. The van der Waals surface area contributed by atoms with Crippen LogP contribution in [0.15, 0.2) is 53.4 Å². The predicted octanol–water partition coefficient (Wildman–Crippen LogP) is 3.42. The fourth-order valence-corrected chi connectivity index (χ4v) is 2.04. The van der Waals surface area contributed by atoms with Gasteiger partial charge in [0.1, 0.15) is 11.0 Å². The first kappa shape index (κ1) is 12.7. The molecule has 2 nitrogen and oxygen atoms in total. The highest BCUT2D eigenvalue weighted by atomic mass is 35.5. The van der Waals surface area contributed by atoms with Gasteiger partial charge in [0.2, 0.25) is 0 Å². The van der Waals surface area contributed by atoms with Crippen molar-refractivity contribution >= 4 is 17.2 Å². The molecule has 0 radical (unpaired) electrons. The summed E-state index contributed by atoms with van der Waals surface area (Å²) in [5, 5.41) is 3.56.